The Bertz CT molecular complexity index is 688. The van der Waals surface area contributed by atoms with Gasteiger partial charge in [0.15, 0.2) is 5.76 Å². The summed E-state index contributed by atoms with van der Waals surface area (Å²) >= 11 is 0. The molecule has 124 valence electrons. The molecule has 0 spiro atoms. The lowest BCUT2D eigenvalue weighted by Gasteiger charge is -2.45. The average Bonchev–Trinajstić information content (AvgIpc) is 3.01. The summed E-state index contributed by atoms with van der Waals surface area (Å²) in [6.45, 7) is 8.35. The van der Waals surface area contributed by atoms with Gasteiger partial charge in [0.25, 0.3) is 0 Å². The number of aliphatic hydroxyl groups excluding tert-OH is 1. The fourth-order valence-electron chi connectivity index (χ4n) is 4.31. The normalized spacial score (nSPS) is 27.4. The van der Waals surface area contributed by atoms with Gasteiger partial charge in [-0.1, -0.05) is 26.3 Å². The van der Waals surface area contributed by atoms with Gasteiger partial charge in [0, 0.05) is 11.0 Å². The molecule has 1 heterocycles. The molecule has 0 unspecified atom stereocenters. The third kappa shape index (κ3) is 2.46. The van der Waals surface area contributed by atoms with Crippen molar-refractivity contribution in [3.05, 3.63) is 46.6 Å². The first-order valence-electron chi connectivity index (χ1n) is 8.47. The van der Waals surface area contributed by atoms with E-state index in [1.807, 2.05) is 13.0 Å². The largest absolute Gasteiger partial charge is 0.504 e. The van der Waals surface area contributed by atoms with E-state index in [1.54, 1.807) is 12.5 Å². The number of Topliss-reactive ketones (excluding diaryl/α,β-unsaturated/α-hetero) is 1. The second-order valence-corrected chi connectivity index (χ2v) is 7.86. The average molecular weight is 314 g/mol. The van der Waals surface area contributed by atoms with Crippen molar-refractivity contribution < 1.29 is 14.3 Å². The summed E-state index contributed by atoms with van der Waals surface area (Å²) in [5.74, 6) is -0.184. The predicted molar refractivity (Wildman–Crippen MR) is 90.1 cm³/mol. The second-order valence-electron chi connectivity index (χ2n) is 7.86. The Balaban J connectivity index is 2.05. The molecule has 0 radical (unpaired) electrons. The smallest absolute Gasteiger partial charge is 0.223 e. The summed E-state index contributed by atoms with van der Waals surface area (Å²) in [7, 11) is 0. The molecule has 2 aliphatic carbocycles. The van der Waals surface area contributed by atoms with Gasteiger partial charge in [0.1, 0.15) is 0 Å². The predicted octanol–water partition coefficient (Wildman–Crippen LogP) is 5.14. The van der Waals surface area contributed by atoms with E-state index < -0.39 is 0 Å². The first-order valence-corrected chi connectivity index (χ1v) is 8.47. The zero-order valence-electron chi connectivity index (χ0n) is 14.5. The van der Waals surface area contributed by atoms with Gasteiger partial charge < -0.3 is 9.52 Å². The van der Waals surface area contributed by atoms with Gasteiger partial charge in [0.05, 0.1) is 12.5 Å². The van der Waals surface area contributed by atoms with Gasteiger partial charge in [-0.05, 0) is 61.6 Å². The van der Waals surface area contributed by atoms with Crippen molar-refractivity contribution in [3.8, 4) is 0 Å². The van der Waals surface area contributed by atoms with Crippen LogP contribution >= 0.6 is 0 Å². The molecule has 1 N–H and O–H groups in total. The highest BCUT2D eigenvalue weighted by Gasteiger charge is 2.47. The van der Waals surface area contributed by atoms with E-state index in [9.17, 15) is 9.90 Å². The van der Waals surface area contributed by atoms with Crippen LogP contribution < -0.4 is 0 Å². The van der Waals surface area contributed by atoms with Gasteiger partial charge in [-0.15, -0.1) is 0 Å². The minimum atomic E-state index is -0.248. The van der Waals surface area contributed by atoms with E-state index in [0.717, 1.165) is 48.8 Å². The molecule has 0 saturated carbocycles. The summed E-state index contributed by atoms with van der Waals surface area (Å²) in [5, 5.41) is 10.5. The Morgan fingerprint density at radius 1 is 1.30 bits per heavy atom. The van der Waals surface area contributed by atoms with Crippen LogP contribution in [0.3, 0.4) is 0 Å². The molecule has 0 aromatic carbocycles. The molecule has 3 rings (SSSR count). The van der Waals surface area contributed by atoms with Crippen LogP contribution in [0.1, 0.15) is 58.9 Å². The number of ketones is 1. The standard InChI is InChI=1S/C20H26O3/c1-13-17(21)18(22)16-15(6-5-9-19(16,2)3)20(13,4)10-7-14-8-11-23-12-14/h8,11-12,21H,5-7,9-10H2,1-4H3/t20-/m1/s1. The zero-order valence-corrected chi connectivity index (χ0v) is 14.5. The number of hydrogen-bond acceptors (Lipinski definition) is 3. The lowest BCUT2D eigenvalue weighted by atomic mass is 9.58. The van der Waals surface area contributed by atoms with E-state index in [-0.39, 0.29) is 22.4 Å². The molecule has 2 aliphatic rings. The fraction of sp³-hybridized carbons (Fsp3) is 0.550. The van der Waals surface area contributed by atoms with Gasteiger partial charge in [-0.3, -0.25) is 4.79 Å². The maximum Gasteiger partial charge on any atom is 0.223 e. The van der Waals surface area contributed by atoms with Crippen LogP contribution in [0, 0.1) is 10.8 Å². The van der Waals surface area contributed by atoms with Crippen molar-refractivity contribution in [1.29, 1.82) is 0 Å². The number of aliphatic hydroxyl groups is 1. The quantitative estimate of drug-likeness (QED) is 0.840. The van der Waals surface area contributed by atoms with E-state index in [2.05, 4.69) is 20.8 Å². The van der Waals surface area contributed by atoms with E-state index >= 15 is 0 Å². The van der Waals surface area contributed by atoms with Crippen molar-refractivity contribution in [2.24, 2.45) is 10.8 Å². The van der Waals surface area contributed by atoms with Gasteiger partial charge in [0.2, 0.25) is 5.78 Å². The van der Waals surface area contributed by atoms with Gasteiger partial charge in [-0.25, -0.2) is 0 Å². The number of carbonyl (C=O) groups excluding carboxylic acids is 1. The van der Waals surface area contributed by atoms with Gasteiger partial charge >= 0.3 is 0 Å². The van der Waals surface area contributed by atoms with Crippen molar-refractivity contribution in [1.82, 2.24) is 0 Å². The third-order valence-electron chi connectivity index (χ3n) is 5.99. The summed E-state index contributed by atoms with van der Waals surface area (Å²) in [4.78, 5) is 12.7. The first-order chi connectivity index (χ1) is 10.8. The number of carbonyl (C=O) groups is 1. The number of aryl methyl sites for hydroxylation is 1. The summed E-state index contributed by atoms with van der Waals surface area (Å²) in [6, 6.07) is 1.98. The summed E-state index contributed by atoms with van der Waals surface area (Å²) < 4.78 is 5.16. The highest BCUT2D eigenvalue weighted by molar-refractivity contribution is 6.10. The highest BCUT2D eigenvalue weighted by Crippen LogP contribution is 2.54. The molecule has 0 fully saturated rings. The number of furan rings is 1. The summed E-state index contributed by atoms with van der Waals surface area (Å²) in [6.07, 6.45) is 8.29. The SMILES string of the molecule is CC1=C(O)C(=O)C2=C(CCCC2(C)C)[C@]1(C)CCc1ccoc1. The van der Waals surface area contributed by atoms with Crippen molar-refractivity contribution in [2.75, 3.05) is 0 Å². The number of rotatable bonds is 3. The molecule has 0 saturated heterocycles. The Morgan fingerprint density at radius 3 is 2.70 bits per heavy atom. The Labute approximate surface area is 138 Å². The van der Waals surface area contributed by atoms with E-state index in [1.165, 1.54) is 5.57 Å². The second kappa shape index (κ2) is 5.40. The Hall–Kier alpha value is -1.77. The Morgan fingerprint density at radius 2 is 2.04 bits per heavy atom. The van der Waals surface area contributed by atoms with Crippen LogP contribution in [0.15, 0.2) is 45.5 Å². The molecular formula is C20H26O3. The Kier molecular flexibility index (Phi) is 3.78. The molecule has 0 bridgehead atoms. The molecule has 0 amide bonds. The van der Waals surface area contributed by atoms with Gasteiger partial charge in [-0.2, -0.15) is 0 Å². The molecule has 1 atom stereocenters. The van der Waals surface area contributed by atoms with E-state index in [0.29, 0.717) is 0 Å². The van der Waals surface area contributed by atoms with Crippen LogP contribution in [-0.4, -0.2) is 10.9 Å². The third-order valence-corrected chi connectivity index (χ3v) is 5.99. The molecule has 0 aliphatic heterocycles. The van der Waals surface area contributed by atoms with Crippen LogP contribution in [0.5, 0.6) is 0 Å². The minimum absolute atomic E-state index is 0.0339. The molecular weight excluding hydrogens is 288 g/mol. The molecule has 1 aromatic rings. The van der Waals surface area contributed by atoms with Crippen LogP contribution in [0.2, 0.25) is 0 Å². The first kappa shape index (κ1) is 16.1. The van der Waals surface area contributed by atoms with Crippen LogP contribution in [0.4, 0.5) is 0 Å². The fourth-order valence-corrected chi connectivity index (χ4v) is 4.31. The highest BCUT2D eigenvalue weighted by atomic mass is 16.3. The molecule has 3 heteroatoms. The van der Waals surface area contributed by atoms with Crippen molar-refractivity contribution in [3.63, 3.8) is 0 Å². The van der Waals surface area contributed by atoms with Crippen molar-refractivity contribution in [2.45, 2.75) is 59.8 Å². The monoisotopic (exact) mass is 314 g/mol. The number of allylic oxidation sites excluding steroid dienone is 3. The topological polar surface area (TPSA) is 50.4 Å². The molecule has 23 heavy (non-hydrogen) atoms. The van der Waals surface area contributed by atoms with Crippen molar-refractivity contribution >= 4 is 5.78 Å². The molecule has 1 aromatic heterocycles. The lowest BCUT2D eigenvalue weighted by Crippen LogP contribution is -2.39. The maximum absolute atomic E-state index is 12.7. The zero-order chi connectivity index (χ0) is 16.8. The minimum Gasteiger partial charge on any atom is -0.504 e. The van der Waals surface area contributed by atoms with Crippen LogP contribution in [0.25, 0.3) is 0 Å². The molecule has 3 nitrogen and oxygen atoms in total. The number of hydrogen-bond donors (Lipinski definition) is 1. The lowest BCUT2D eigenvalue weighted by molar-refractivity contribution is -0.116. The maximum atomic E-state index is 12.7. The van der Waals surface area contributed by atoms with Crippen LogP contribution in [-0.2, 0) is 11.2 Å². The summed E-state index contributed by atoms with van der Waals surface area (Å²) in [5.41, 5.74) is 3.69. The van der Waals surface area contributed by atoms with E-state index in [4.69, 9.17) is 4.42 Å².